The molecule has 0 saturated heterocycles. The molecule has 5 rings (SSSR count). The molecule has 0 saturated carbocycles. The molecule has 4 heterocycles. The van der Waals surface area contributed by atoms with Crippen LogP contribution in [0, 0.1) is 6.92 Å². The molecule has 1 N–H and O–H groups in total. The molecule has 2 aliphatic heterocycles. The molecule has 2 aromatic heterocycles. The summed E-state index contributed by atoms with van der Waals surface area (Å²) in [5.74, 6) is 2.46. The van der Waals surface area contributed by atoms with Gasteiger partial charge < -0.3 is 23.9 Å². The van der Waals surface area contributed by atoms with E-state index in [1.165, 1.54) is 0 Å². The number of hydrogen-bond acceptors (Lipinski definition) is 7. The fourth-order valence-electron chi connectivity index (χ4n) is 5.28. The Morgan fingerprint density at radius 1 is 1.18 bits per heavy atom. The number of nitrogens with one attached hydrogen (secondary N) is 1. The molecule has 40 heavy (non-hydrogen) atoms. The molecule has 1 unspecified atom stereocenters. The molecule has 216 valence electrons. The van der Waals surface area contributed by atoms with Crippen LogP contribution in [0.2, 0.25) is 18.1 Å². The maximum atomic E-state index is 6.80. The predicted molar refractivity (Wildman–Crippen MR) is 164 cm³/mol. The Morgan fingerprint density at radius 3 is 2.62 bits per heavy atom. The summed E-state index contributed by atoms with van der Waals surface area (Å²) in [5.41, 5.74) is 3.95. The summed E-state index contributed by atoms with van der Waals surface area (Å²) in [6.45, 7) is 23.5. The maximum absolute atomic E-state index is 6.80. The Labute approximate surface area is 239 Å². The molecule has 3 aromatic rings. The van der Waals surface area contributed by atoms with Crippen LogP contribution in [-0.2, 0) is 15.7 Å². The van der Waals surface area contributed by atoms with Gasteiger partial charge in [-0.2, -0.15) is 5.10 Å². The highest BCUT2D eigenvalue weighted by atomic mass is 28.4. The number of nitrogens with zero attached hydrogens (tertiary/aromatic N) is 6. The van der Waals surface area contributed by atoms with Gasteiger partial charge in [-0.25, -0.2) is 14.6 Å². The number of imidazole rings is 1. The summed E-state index contributed by atoms with van der Waals surface area (Å²) in [6.07, 6.45) is 6.77. The molecule has 0 spiro atoms. The second kappa shape index (κ2) is 10.1. The second-order valence-electron chi connectivity index (χ2n) is 13.5. The topological polar surface area (TPSA) is 82.3 Å². The smallest absolute Gasteiger partial charge is 0.195 e. The summed E-state index contributed by atoms with van der Waals surface area (Å²) < 4.78 is 17.1. The maximum Gasteiger partial charge on any atom is 0.195 e. The molecule has 2 aliphatic rings. The first-order valence-electron chi connectivity index (χ1n) is 14.3. The third kappa shape index (κ3) is 5.43. The monoisotopic (exact) mass is 563 g/mol. The Hall–Kier alpha value is -3.11. The lowest BCUT2D eigenvalue weighted by atomic mass is 10.1. The zero-order chi connectivity index (χ0) is 29.0. The standard InChI is InChI=1S/C30H45N7O2Si/c1-20(2)37-28(31-19-32-37)26-17-36-25-15-22(11-12-23(25)34-27(36)13-14-38-26)24-16-35(21(3)33-24)18-30(7,8)39-40(9,10)29(4,5)6/h11-12,15-17,19-20,27,34H,13-14,18H2,1-10H3. The van der Waals surface area contributed by atoms with Crippen molar-refractivity contribution in [2.24, 2.45) is 0 Å². The molecular weight excluding hydrogens is 518 g/mol. The molecule has 0 fully saturated rings. The Kier molecular flexibility index (Phi) is 7.15. The van der Waals surface area contributed by atoms with Gasteiger partial charge in [-0.05, 0) is 64.9 Å². The van der Waals surface area contributed by atoms with Crippen LogP contribution in [0.3, 0.4) is 0 Å². The van der Waals surface area contributed by atoms with E-state index >= 15 is 0 Å². The number of aryl methyl sites for hydroxylation is 1. The zero-order valence-corrected chi connectivity index (χ0v) is 26.7. The van der Waals surface area contributed by atoms with Gasteiger partial charge in [0.25, 0.3) is 0 Å². The average Bonchev–Trinajstić information content (AvgIpc) is 3.51. The lowest BCUT2D eigenvalue weighted by Gasteiger charge is -2.43. The van der Waals surface area contributed by atoms with Gasteiger partial charge in [-0.1, -0.05) is 26.8 Å². The van der Waals surface area contributed by atoms with Crippen molar-refractivity contribution in [2.45, 2.75) is 104 Å². The van der Waals surface area contributed by atoms with Gasteiger partial charge in [0.2, 0.25) is 0 Å². The van der Waals surface area contributed by atoms with E-state index in [0.717, 1.165) is 53.0 Å². The zero-order valence-electron chi connectivity index (χ0n) is 25.7. The van der Waals surface area contributed by atoms with Gasteiger partial charge >= 0.3 is 0 Å². The molecule has 0 radical (unpaired) electrons. The van der Waals surface area contributed by atoms with Crippen molar-refractivity contribution in [3.63, 3.8) is 0 Å². The van der Waals surface area contributed by atoms with Crippen molar-refractivity contribution >= 4 is 25.5 Å². The van der Waals surface area contributed by atoms with Crippen molar-refractivity contribution < 1.29 is 9.16 Å². The average molecular weight is 564 g/mol. The van der Waals surface area contributed by atoms with Gasteiger partial charge in [-0.3, -0.25) is 0 Å². The normalized spacial score (nSPS) is 17.7. The number of benzene rings is 1. The highest BCUT2D eigenvalue weighted by Crippen LogP contribution is 2.42. The van der Waals surface area contributed by atoms with Gasteiger partial charge in [0.15, 0.2) is 19.9 Å². The summed E-state index contributed by atoms with van der Waals surface area (Å²) in [6, 6.07) is 6.71. The Bertz CT molecular complexity index is 1410. The summed E-state index contributed by atoms with van der Waals surface area (Å²) >= 11 is 0. The quantitative estimate of drug-likeness (QED) is 0.316. The van der Waals surface area contributed by atoms with Crippen LogP contribution in [0.25, 0.3) is 17.0 Å². The minimum absolute atomic E-state index is 0.116. The van der Waals surface area contributed by atoms with Crippen molar-refractivity contribution in [3.05, 3.63) is 48.6 Å². The summed E-state index contributed by atoms with van der Waals surface area (Å²) in [7, 11) is -1.91. The number of rotatable bonds is 7. The van der Waals surface area contributed by atoms with Crippen molar-refractivity contribution in [1.29, 1.82) is 0 Å². The van der Waals surface area contributed by atoms with Gasteiger partial charge in [0, 0.05) is 24.2 Å². The largest absolute Gasteiger partial charge is 0.488 e. The molecular formula is C30H45N7O2Si. The van der Waals surface area contributed by atoms with E-state index in [0.29, 0.717) is 6.61 Å². The number of anilines is 2. The van der Waals surface area contributed by atoms with Crippen LogP contribution in [0.5, 0.6) is 0 Å². The highest BCUT2D eigenvalue weighted by Gasteiger charge is 2.41. The fourth-order valence-corrected chi connectivity index (χ4v) is 7.03. The number of fused-ring (bicyclic) bond motifs is 3. The SMILES string of the molecule is Cc1nc(-c2ccc3c(c2)N2C=C(c4ncnn4C(C)C)OCCC2N3)cn1CC(C)(C)O[Si](C)(C)C(C)(C)C. The Morgan fingerprint density at radius 2 is 1.93 bits per heavy atom. The van der Waals surface area contributed by atoms with Crippen LogP contribution in [0.4, 0.5) is 11.4 Å². The van der Waals surface area contributed by atoms with Gasteiger partial charge in [-0.15, -0.1) is 0 Å². The third-order valence-electron chi connectivity index (χ3n) is 8.28. The van der Waals surface area contributed by atoms with Crippen molar-refractivity contribution in [3.8, 4) is 11.3 Å². The first kappa shape index (κ1) is 28.4. The van der Waals surface area contributed by atoms with Crippen molar-refractivity contribution in [2.75, 3.05) is 16.8 Å². The van der Waals surface area contributed by atoms with Gasteiger partial charge in [0.1, 0.15) is 18.3 Å². The minimum Gasteiger partial charge on any atom is -0.488 e. The van der Waals surface area contributed by atoms with Crippen LogP contribution in [-0.4, -0.2) is 51.0 Å². The second-order valence-corrected chi connectivity index (χ2v) is 18.2. The molecule has 9 nitrogen and oxygen atoms in total. The van der Waals surface area contributed by atoms with E-state index in [2.05, 4.69) is 124 Å². The summed E-state index contributed by atoms with van der Waals surface area (Å²) in [4.78, 5) is 11.7. The highest BCUT2D eigenvalue weighted by molar-refractivity contribution is 6.74. The first-order valence-corrected chi connectivity index (χ1v) is 17.2. The Balaban J connectivity index is 1.42. The van der Waals surface area contributed by atoms with E-state index in [-0.39, 0.29) is 22.8 Å². The fraction of sp³-hybridized carbons (Fsp3) is 0.567. The number of hydrogen-bond donors (Lipinski definition) is 1. The molecule has 10 heteroatoms. The molecule has 0 amide bonds. The molecule has 1 atom stereocenters. The minimum atomic E-state index is -1.91. The molecule has 1 aromatic carbocycles. The van der Waals surface area contributed by atoms with E-state index < -0.39 is 8.32 Å². The van der Waals surface area contributed by atoms with E-state index in [1.54, 1.807) is 6.33 Å². The lowest BCUT2D eigenvalue weighted by Crippen LogP contribution is -2.49. The van der Waals surface area contributed by atoms with E-state index in [4.69, 9.17) is 14.1 Å². The van der Waals surface area contributed by atoms with Crippen LogP contribution < -0.4 is 10.2 Å². The third-order valence-corrected chi connectivity index (χ3v) is 13.0. The summed E-state index contributed by atoms with van der Waals surface area (Å²) in [5, 5.41) is 8.23. The van der Waals surface area contributed by atoms with Crippen LogP contribution in [0.15, 0.2) is 36.9 Å². The van der Waals surface area contributed by atoms with Crippen molar-refractivity contribution in [1.82, 2.24) is 24.3 Å². The predicted octanol–water partition coefficient (Wildman–Crippen LogP) is 6.81. The lowest BCUT2D eigenvalue weighted by molar-refractivity contribution is 0.0723. The van der Waals surface area contributed by atoms with E-state index in [1.807, 2.05) is 4.68 Å². The van der Waals surface area contributed by atoms with Gasteiger partial charge in [0.05, 0.1) is 42.0 Å². The first-order chi connectivity index (χ1) is 18.6. The van der Waals surface area contributed by atoms with Crippen LogP contribution >= 0.6 is 0 Å². The van der Waals surface area contributed by atoms with Crippen LogP contribution in [0.1, 0.15) is 72.6 Å². The number of aromatic nitrogens is 5. The molecule has 0 aliphatic carbocycles. The van der Waals surface area contributed by atoms with E-state index in [9.17, 15) is 0 Å². The molecule has 0 bridgehead atoms. The number of ether oxygens (including phenoxy) is 1.